The summed E-state index contributed by atoms with van der Waals surface area (Å²) in [5, 5.41) is 0. The average Bonchev–Trinajstić information content (AvgIpc) is 2.27. The van der Waals surface area contributed by atoms with Crippen molar-refractivity contribution in [3.63, 3.8) is 0 Å². The molecule has 0 aliphatic heterocycles. The van der Waals surface area contributed by atoms with E-state index in [1.807, 2.05) is 19.2 Å². The van der Waals surface area contributed by atoms with E-state index in [9.17, 15) is 4.79 Å². The van der Waals surface area contributed by atoms with Crippen LogP contribution < -0.4 is 0 Å². The van der Waals surface area contributed by atoms with Gasteiger partial charge >= 0.3 is 0 Å². The van der Waals surface area contributed by atoms with Crippen molar-refractivity contribution in [2.24, 2.45) is 0 Å². The highest BCUT2D eigenvalue weighted by Crippen LogP contribution is 2.11. The minimum atomic E-state index is 0.120. The van der Waals surface area contributed by atoms with E-state index in [1.54, 1.807) is 25.2 Å². The first-order chi connectivity index (χ1) is 8.02. The lowest BCUT2D eigenvalue weighted by atomic mass is 10.2. The zero-order chi connectivity index (χ0) is 12.8. The molecule has 1 heterocycles. The Morgan fingerprint density at radius 3 is 2.65 bits per heavy atom. The quantitative estimate of drug-likeness (QED) is 0.831. The fourth-order valence-corrected chi connectivity index (χ4v) is 1.82. The maximum atomic E-state index is 11.6. The molecule has 5 heteroatoms. The number of pyridine rings is 1. The smallest absolute Gasteiger partial charge is 0.236 e. The summed E-state index contributed by atoms with van der Waals surface area (Å²) in [7, 11) is 3.55. The molecule has 0 aromatic carbocycles. The Kier molecular flexibility index (Phi) is 5.58. The van der Waals surface area contributed by atoms with Gasteiger partial charge in [0.1, 0.15) is 0 Å². The molecule has 1 aromatic rings. The Hall–Kier alpha value is -0.940. The minimum absolute atomic E-state index is 0.120. The standard InChI is InChI=1S/C12H18BrN3O/c1-4-16(9-12(17)15(2)3)8-10-5-11(13)7-14-6-10/h5-7H,4,8-9H2,1-3H3. The van der Waals surface area contributed by atoms with Crippen molar-refractivity contribution in [3.8, 4) is 0 Å². The molecule has 0 spiro atoms. The molecule has 4 nitrogen and oxygen atoms in total. The number of halogens is 1. The van der Waals surface area contributed by atoms with Crippen molar-refractivity contribution in [1.29, 1.82) is 0 Å². The molecule has 0 radical (unpaired) electrons. The number of aromatic nitrogens is 1. The Morgan fingerprint density at radius 1 is 1.41 bits per heavy atom. The summed E-state index contributed by atoms with van der Waals surface area (Å²) in [5.74, 6) is 0.120. The SMILES string of the molecule is CCN(CC(=O)N(C)C)Cc1cncc(Br)c1. The summed E-state index contributed by atoms with van der Waals surface area (Å²) in [4.78, 5) is 19.4. The van der Waals surface area contributed by atoms with Gasteiger partial charge in [0.15, 0.2) is 0 Å². The van der Waals surface area contributed by atoms with E-state index >= 15 is 0 Å². The average molecular weight is 300 g/mol. The van der Waals surface area contributed by atoms with Gasteiger partial charge in [0, 0.05) is 37.5 Å². The van der Waals surface area contributed by atoms with Crippen LogP contribution in [0.4, 0.5) is 0 Å². The zero-order valence-corrected chi connectivity index (χ0v) is 12.1. The molecule has 94 valence electrons. The van der Waals surface area contributed by atoms with E-state index in [4.69, 9.17) is 0 Å². The summed E-state index contributed by atoms with van der Waals surface area (Å²) in [6.07, 6.45) is 3.58. The van der Waals surface area contributed by atoms with E-state index in [0.29, 0.717) is 6.54 Å². The molecule has 0 saturated carbocycles. The predicted octanol–water partition coefficient (Wildman–Crippen LogP) is 1.75. The van der Waals surface area contributed by atoms with Gasteiger partial charge in [-0.1, -0.05) is 6.92 Å². The van der Waals surface area contributed by atoms with Crippen LogP contribution in [-0.4, -0.2) is 47.9 Å². The number of hydrogen-bond donors (Lipinski definition) is 0. The van der Waals surface area contributed by atoms with Crippen molar-refractivity contribution in [2.45, 2.75) is 13.5 Å². The van der Waals surface area contributed by atoms with Crippen LogP contribution in [0.3, 0.4) is 0 Å². The second-order valence-corrected chi connectivity index (χ2v) is 5.02. The third kappa shape index (κ3) is 4.83. The summed E-state index contributed by atoms with van der Waals surface area (Å²) in [6, 6.07) is 2.02. The van der Waals surface area contributed by atoms with Gasteiger partial charge in [0.05, 0.1) is 6.54 Å². The number of hydrogen-bond acceptors (Lipinski definition) is 3. The van der Waals surface area contributed by atoms with Crippen LogP contribution in [-0.2, 0) is 11.3 Å². The lowest BCUT2D eigenvalue weighted by molar-refractivity contribution is -0.130. The largest absolute Gasteiger partial charge is 0.348 e. The van der Waals surface area contributed by atoms with Crippen molar-refractivity contribution in [1.82, 2.24) is 14.8 Å². The van der Waals surface area contributed by atoms with Crippen LogP contribution in [0.5, 0.6) is 0 Å². The maximum Gasteiger partial charge on any atom is 0.236 e. The third-order valence-electron chi connectivity index (χ3n) is 2.47. The molecule has 17 heavy (non-hydrogen) atoms. The van der Waals surface area contributed by atoms with Gasteiger partial charge < -0.3 is 4.90 Å². The topological polar surface area (TPSA) is 36.4 Å². The molecule has 0 aliphatic carbocycles. The first-order valence-corrected chi connectivity index (χ1v) is 6.34. The highest BCUT2D eigenvalue weighted by Gasteiger charge is 2.11. The van der Waals surface area contributed by atoms with Crippen LogP contribution in [0.2, 0.25) is 0 Å². The van der Waals surface area contributed by atoms with Crippen LogP contribution in [0, 0.1) is 0 Å². The van der Waals surface area contributed by atoms with E-state index in [0.717, 1.165) is 23.1 Å². The van der Waals surface area contributed by atoms with E-state index in [-0.39, 0.29) is 5.91 Å². The molecule has 0 fully saturated rings. The number of amides is 1. The molecule has 1 aromatic heterocycles. The van der Waals surface area contributed by atoms with Gasteiger partial charge in [-0.3, -0.25) is 14.7 Å². The Bertz CT molecular complexity index is 382. The third-order valence-corrected chi connectivity index (χ3v) is 2.91. The lowest BCUT2D eigenvalue weighted by Gasteiger charge is -2.21. The van der Waals surface area contributed by atoms with E-state index in [1.165, 1.54) is 0 Å². The molecule has 1 rings (SSSR count). The number of carbonyl (C=O) groups excluding carboxylic acids is 1. The second kappa shape index (κ2) is 6.71. The van der Waals surface area contributed by atoms with Gasteiger partial charge in [0.25, 0.3) is 0 Å². The number of likely N-dealkylation sites (N-methyl/N-ethyl adjacent to an activating group) is 2. The summed E-state index contributed by atoms with van der Waals surface area (Å²) in [6.45, 7) is 4.07. The lowest BCUT2D eigenvalue weighted by Crippen LogP contribution is -2.36. The molecule has 0 N–H and O–H groups in total. The van der Waals surface area contributed by atoms with Crippen LogP contribution in [0.1, 0.15) is 12.5 Å². The fraction of sp³-hybridized carbons (Fsp3) is 0.500. The molecular weight excluding hydrogens is 282 g/mol. The number of nitrogens with zero attached hydrogens (tertiary/aromatic N) is 3. The summed E-state index contributed by atoms with van der Waals surface area (Å²) >= 11 is 3.39. The van der Waals surface area contributed by atoms with Crippen LogP contribution >= 0.6 is 15.9 Å². The van der Waals surface area contributed by atoms with Crippen LogP contribution in [0.15, 0.2) is 22.9 Å². The highest BCUT2D eigenvalue weighted by molar-refractivity contribution is 9.10. The molecule has 0 saturated heterocycles. The van der Waals surface area contributed by atoms with Crippen molar-refractivity contribution < 1.29 is 4.79 Å². The first-order valence-electron chi connectivity index (χ1n) is 5.55. The van der Waals surface area contributed by atoms with Crippen molar-refractivity contribution in [3.05, 3.63) is 28.5 Å². The molecule has 0 bridgehead atoms. The molecular formula is C12H18BrN3O. The predicted molar refractivity (Wildman–Crippen MR) is 71.6 cm³/mol. The van der Waals surface area contributed by atoms with E-state index in [2.05, 4.69) is 25.8 Å². The monoisotopic (exact) mass is 299 g/mol. The minimum Gasteiger partial charge on any atom is -0.348 e. The Morgan fingerprint density at radius 2 is 2.12 bits per heavy atom. The number of carbonyl (C=O) groups is 1. The summed E-state index contributed by atoms with van der Waals surface area (Å²) < 4.78 is 0.963. The van der Waals surface area contributed by atoms with Crippen LogP contribution in [0.25, 0.3) is 0 Å². The van der Waals surface area contributed by atoms with Gasteiger partial charge in [-0.15, -0.1) is 0 Å². The first kappa shape index (κ1) is 14.1. The Labute approximate surface area is 111 Å². The Balaban J connectivity index is 2.61. The van der Waals surface area contributed by atoms with Gasteiger partial charge in [-0.2, -0.15) is 0 Å². The summed E-state index contributed by atoms with van der Waals surface area (Å²) in [5.41, 5.74) is 1.10. The van der Waals surface area contributed by atoms with Gasteiger partial charge in [-0.25, -0.2) is 0 Å². The molecule has 0 atom stereocenters. The van der Waals surface area contributed by atoms with Crippen molar-refractivity contribution in [2.75, 3.05) is 27.2 Å². The highest BCUT2D eigenvalue weighted by atomic mass is 79.9. The van der Waals surface area contributed by atoms with Gasteiger partial charge in [0.2, 0.25) is 5.91 Å². The van der Waals surface area contributed by atoms with E-state index < -0.39 is 0 Å². The second-order valence-electron chi connectivity index (χ2n) is 4.10. The fourth-order valence-electron chi connectivity index (χ4n) is 1.41. The normalized spacial score (nSPS) is 10.6. The molecule has 0 aliphatic rings. The molecule has 1 amide bonds. The van der Waals surface area contributed by atoms with Gasteiger partial charge in [-0.05, 0) is 34.1 Å². The zero-order valence-electron chi connectivity index (χ0n) is 10.5. The molecule has 0 unspecified atom stereocenters. The number of rotatable bonds is 5. The van der Waals surface area contributed by atoms with Crippen molar-refractivity contribution >= 4 is 21.8 Å². The maximum absolute atomic E-state index is 11.6.